The molecule has 0 radical (unpaired) electrons. The molecule has 0 spiro atoms. The van der Waals surface area contributed by atoms with Crippen LogP contribution in [0.1, 0.15) is 5.56 Å². The number of hydrogen-bond donors (Lipinski definition) is 1. The summed E-state index contributed by atoms with van der Waals surface area (Å²) in [4.78, 5) is 0. The van der Waals surface area contributed by atoms with Gasteiger partial charge in [0.1, 0.15) is 5.75 Å². The summed E-state index contributed by atoms with van der Waals surface area (Å²) < 4.78 is 3.14. The number of fused-ring (bicyclic) bond motifs is 2. The molecule has 108 valence electrons. The average Bonchev–Trinajstić information content (AvgIpc) is 2.83. The van der Waals surface area contributed by atoms with E-state index in [1.165, 1.54) is 10.9 Å². The Morgan fingerprint density at radius 3 is 2.64 bits per heavy atom. The van der Waals surface area contributed by atoms with Crippen LogP contribution in [-0.2, 0) is 0 Å². The highest BCUT2D eigenvalue weighted by Gasteiger charge is 2.13. The highest BCUT2D eigenvalue weighted by molar-refractivity contribution is 9.10. The minimum Gasteiger partial charge on any atom is -0.506 e. The second-order valence-electron chi connectivity index (χ2n) is 5.50. The average molecular weight is 352 g/mol. The minimum atomic E-state index is 0.290. The molecular weight excluding hydrogens is 338 g/mol. The van der Waals surface area contributed by atoms with Crippen molar-refractivity contribution in [3.63, 3.8) is 0 Å². The lowest BCUT2D eigenvalue weighted by Gasteiger charge is -2.12. The largest absolute Gasteiger partial charge is 0.506 e. The van der Waals surface area contributed by atoms with Gasteiger partial charge in [0.15, 0.2) is 0 Å². The quantitative estimate of drug-likeness (QED) is 0.477. The van der Waals surface area contributed by atoms with Gasteiger partial charge in [0.25, 0.3) is 0 Å². The van der Waals surface area contributed by atoms with Crippen molar-refractivity contribution < 1.29 is 5.11 Å². The number of rotatable bonds is 1. The van der Waals surface area contributed by atoms with Crippen LogP contribution in [-0.4, -0.2) is 9.67 Å². The Kier molecular flexibility index (Phi) is 2.98. The van der Waals surface area contributed by atoms with Crippen molar-refractivity contribution in [2.45, 2.75) is 6.92 Å². The maximum absolute atomic E-state index is 10.5. The Balaban J connectivity index is 2.14. The molecule has 0 amide bonds. The van der Waals surface area contributed by atoms with Gasteiger partial charge >= 0.3 is 0 Å². The number of hydrogen-bond acceptors (Lipinski definition) is 1. The third-order valence-corrected chi connectivity index (χ3v) is 4.58. The van der Waals surface area contributed by atoms with E-state index >= 15 is 0 Å². The molecule has 0 saturated carbocycles. The molecule has 3 heteroatoms. The summed E-state index contributed by atoms with van der Waals surface area (Å²) in [7, 11) is 0. The molecule has 0 aliphatic carbocycles. The van der Waals surface area contributed by atoms with Crippen LogP contribution in [0.2, 0.25) is 0 Å². The van der Waals surface area contributed by atoms with Crippen molar-refractivity contribution in [3.05, 3.63) is 70.8 Å². The molecule has 1 heterocycles. The van der Waals surface area contributed by atoms with Crippen molar-refractivity contribution >= 4 is 37.6 Å². The van der Waals surface area contributed by atoms with Crippen molar-refractivity contribution in [3.8, 4) is 11.4 Å². The topological polar surface area (TPSA) is 25.2 Å². The van der Waals surface area contributed by atoms with Crippen LogP contribution >= 0.6 is 15.9 Å². The Bertz CT molecular complexity index is 1020. The number of aromatic nitrogens is 1. The van der Waals surface area contributed by atoms with Crippen LogP contribution in [0.5, 0.6) is 5.75 Å². The SMILES string of the molecule is Cc1cn(-c2c(O)ccc3ccccc23)c2ccc(Br)cc12. The summed E-state index contributed by atoms with van der Waals surface area (Å²) in [5.41, 5.74) is 3.11. The molecule has 0 fully saturated rings. The highest BCUT2D eigenvalue weighted by atomic mass is 79.9. The second-order valence-corrected chi connectivity index (χ2v) is 6.41. The molecule has 0 saturated heterocycles. The van der Waals surface area contributed by atoms with Gasteiger partial charge in [-0.3, -0.25) is 0 Å². The Labute approximate surface area is 136 Å². The minimum absolute atomic E-state index is 0.290. The van der Waals surface area contributed by atoms with Gasteiger partial charge in [-0.2, -0.15) is 0 Å². The van der Waals surface area contributed by atoms with Gasteiger partial charge in [0.2, 0.25) is 0 Å². The zero-order valence-corrected chi connectivity index (χ0v) is 13.6. The summed E-state index contributed by atoms with van der Waals surface area (Å²) in [5.74, 6) is 0.290. The normalized spacial score (nSPS) is 11.4. The number of aromatic hydroxyl groups is 1. The zero-order valence-electron chi connectivity index (χ0n) is 12.0. The first-order valence-corrected chi connectivity index (χ1v) is 7.93. The molecule has 1 aromatic heterocycles. The summed E-state index contributed by atoms with van der Waals surface area (Å²) in [6.07, 6.45) is 2.08. The van der Waals surface area contributed by atoms with Crippen LogP contribution in [0.15, 0.2) is 65.3 Å². The fourth-order valence-corrected chi connectivity index (χ4v) is 3.41. The first-order chi connectivity index (χ1) is 10.6. The van der Waals surface area contributed by atoms with E-state index < -0.39 is 0 Å². The monoisotopic (exact) mass is 351 g/mol. The molecule has 0 unspecified atom stereocenters. The van der Waals surface area contributed by atoms with E-state index in [2.05, 4.69) is 51.8 Å². The van der Waals surface area contributed by atoms with E-state index in [-0.39, 0.29) is 0 Å². The summed E-state index contributed by atoms with van der Waals surface area (Å²) >= 11 is 3.53. The van der Waals surface area contributed by atoms with Crippen LogP contribution < -0.4 is 0 Å². The summed E-state index contributed by atoms with van der Waals surface area (Å²) in [5, 5.41) is 13.8. The first kappa shape index (κ1) is 13.4. The number of phenols is 1. The maximum atomic E-state index is 10.5. The predicted molar refractivity (Wildman–Crippen MR) is 94.9 cm³/mol. The van der Waals surface area contributed by atoms with Crippen LogP contribution in [0.4, 0.5) is 0 Å². The van der Waals surface area contributed by atoms with Gasteiger partial charge in [0.05, 0.1) is 11.2 Å². The van der Waals surface area contributed by atoms with Crippen molar-refractivity contribution in [1.29, 1.82) is 0 Å². The molecule has 0 bridgehead atoms. The van der Waals surface area contributed by atoms with E-state index in [0.717, 1.165) is 26.4 Å². The predicted octanol–water partition coefficient (Wildman–Crippen LogP) is 5.56. The summed E-state index contributed by atoms with van der Waals surface area (Å²) in [6.45, 7) is 2.09. The molecule has 1 N–H and O–H groups in total. The number of aryl methyl sites for hydroxylation is 1. The lowest BCUT2D eigenvalue weighted by atomic mass is 10.1. The molecule has 4 rings (SSSR count). The molecule has 0 atom stereocenters. The lowest BCUT2D eigenvalue weighted by Crippen LogP contribution is -1.94. The number of phenolic OH excluding ortho intramolecular Hbond substituents is 1. The van der Waals surface area contributed by atoms with Gasteiger partial charge in [0, 0.05) is 21.4 Å². The molecule has 0 aliphatic heterocycles. The van der Waals surface area contributed by atoms with Crippen molar-refractivity contribution in [1.82, 2.24) is 4.57 Å². The van der Waals surface area contributed by atoms with E-state index in [1.54, 1.807) is 6.07 Å². The smallest absolute Gasteiger partial charge is 0.140 e. The van der Waals surface area contributed by atoms with Crippen LogP contribution in [0, 0.1) is 6.92 Å². The van der Waals surface area contributed by atoms with E-state index in [0.29, 0.717) is 5.75 Å². The van der Waals surface area contributed by atoms with Gasteiger partial charge in [-0.05, 0) is 42.1 Å². The number of benzene rings is 3. The highest BCUT2D eigenvalue weighted by Crippen LogP contribution is 2.35. The standard InChI is InChI=1S/C19H14BrNO/c1-12-11-21(17-8-7-14(20)10-16(12)17)19-15-5-3-2-4-13(15)6-9-18(19)22/h2-11,22H,1H3. The van der Waals surface area contributed by atoms with Gasteiger partial charge in [-0.15, -0.1) is 0 Å². The van der Waals surface area contributed by atoms with E-state index in [9.17, 15) is 5.11 Å². The third kappa shape index (κ3) is 1.93. The van der Waals surface area contributed by atoms with Crippen molar-refractivity contribution in [2.75, 3.05) is 0 Å². The van der Waals surface area contributed by atoms with Gasteiger partial charge in [-0.25, -0.2) is 0 Å². The molecular formula is C19H14BrNO. The molecule has 2 nitrogen and oxygen atoms in total. The maximum Gasteiger partial charge on any atom is 0.140 e. The first-order valence-electron chi connectivity index (χ1n) is 7.13. The Morgan fingerprint density at radius 2 is 1.77 bits per heavy atom. The second kappa shape index (κ2) is 4.89. The Hall–Kier alpha value is -2.26. The fourth-order valence-electron chi connectivity index (χ4n) is 3.05. The molecule has 22 heavy (non-hydrogen) atoms. The van der Waals surface area contributed by atoms with Crippen molar-refractivity contribution in [2.24, 2.45) is 0 Å². The Morgan fingerprint density at radius 1 is 0.955 bits per heavy atom. The number of nitrogens with zero attached hydrogens (tertiary/aromatic N) is 1. The van der Waals surface area contributed by atoms with E-state index in [4.69, 9.17) is 0 Å². The fraction of sp³-hybridized carbons (Fsp3) is 0.0526. The molecule has 0 aliphatic rings. The van der Waals surface area contributed by atoms with Crippen LogP contribution in [0.25, 0.3) is 27.4 Å². The zero-order chi connectivity index (χ0) is 15.3. The lowest BCUT2D eigenvalue weighted by molar-refractivity contribution is 0.473. The third-order valence-electron chi connectivity index (χ3n) is 4.09. The van der Waals surface area contributed by atoms with Gasteiger partial charge < -0.3 is 9.67 Å². The van der Waals surface area contributed by atoms with Gasteiger partial charge in [-0.1, -0.05) is 46.3 Å². The molecule has 3 aromatic carbocycles. The summed E-state index contributed by atoms with van der Waals surface area (Å²) in [6, 6.07) is 18.1. The number of halogens is 1. The van der Waals surface area contributed by atoms with Crippen LogP contribution in [0.3, 0.4) is 0 Å². The molecule has 4 aromatic rings. The van der Waals surface area contributed by atoms with E-state index in [1.807, 2.05) is 30.3 Å².